The molecule has 1 atom stereocenters. The largest absolute Gasteiger partial charge is 0.330 e. The fraction of sp³-hybridized carbons (Fsp3) is 0.692. The van der Waals surface area contributed by atoms with Gasteiger partial charge in [-0.25, -0.2) is 0 Å². The Balaban J connectivity index is 1.87. The molecule has 2 heterocycles. The number of hydrogen-bond donors (Lipinski definition) is 2. The fourth-order valence-electron chi connectivity index (χ4n) is 2.52. The molecule has 1 aliphatic rings. The molecular weight excluding hydrogens is 294 g/mol. The lowest BCUT2D eigenvalue weighted by molar-refractivity contribution is 0.274. The first-order valence-electron chi connectivity index (χ1n) is 7.00. The van der Waals surface area contributed by atoms with Crippen molar-refractivity contribution in [3.05, 3.63) is 22.4 Å². The minimum Gasteiger partial charge on any atom is -0.330 e. The summed E-state index contributed by atoms with van der Waals surface area (Å²) >= 11 is 1.63. The highest BCUT2D eigenvalue weighted by molar-refractivity contribution is 7.87. The van der Waals surface area contributed by atoms with Gasteiger partial charge < -0.3 is 5.73 Å². The Kier molecular flexibility index (Phi) is 5.57. The SMILES string of the molecule is CC(Cc1ccsc1)NS(=O)(=O)N1CCC(CN)CC1. The van der Waals surface area contributed by atoms with Crippen molar-refractivity contribution < 1.29 is 8.42 Å². The lowest BCUT2D eigenvalue weighted by Crippen LogP contribution is -2.48. The number of rotatable bonds is 6. The first kappa shape index (κ1) is 15.9. The number of nitrogens with zero attached hydrogens (tertiary/aromatic N) is 1. The van der Waals surface area contributed by atoms with Crippen molar-refractivity contribution in [1.29, 1.82) is 0 Å². The minimum atomic E-state index is -3.37. The zero-order valence-corrected chi connectivity index (χ0v) is 13.4. The van der Waals surface area contributed by atoms with Crippen LogP contribution in [0.1, 0.15) is 25.3 Å². The predicted molar refractivity (Wildman–Crippen MR) is 82.9 cm³/mol. The van der Waals surface area contributed by atoms with Gasteiger partial charge in [-0.1, -0.05) is 0 Å². The van der Waals surface area contributed by atoms with Gasteiger partial charge in [0.15, 0.2) is 0 Å². The molecule has 3 N–H and O–H groups in total. The molecule has 0 radical (unpaired) electrons. The van der Waals surface area contributed by atoms with E-state index in [0.29, 0.717) is 25.6 Å². The average Bonchev–Trinajstić information content (AvgIpc) is 2.91. The maximum absolute atomic E-state index is 12.3. The first-order chi connectivity index (χ1) is 9.51. The molecule has 0 amide bonds. The van der Waals surface area contributed by atoms with Crippen LogP contribution < -0.4 is 10.5 Å². The van der Waals surface area contributed by atoms with Gasteiger partial charge in [0.1, 0.15) is 0 Å². The van der Waals surface area contributed by atoms with Crippen LogP contribution in [0.2, 0.25) is 0 Å². The highest BCUT2D eigenvalue weighted by atomic mass is 32.2. The van der Waals surface area contributed by atoms with Crippen LogP contribution in [0.3, 0.4) is 0 Å². The fourth-order valence-corrected chi connectivity index (χ4v) is 4.63. The van der Waals surface area contributed by atoms with Crippen LogP contribution in [-0.2, 0) is 16.6 Å². The van der Waals surface area contributed by atoms with Crippen LogP contribution in [0, 0.1) is 5.92 Å². The summed E-state index contributed by atoms with van der Waals surface area (Å²) in [4.78, 5) is 0. The molecule has 1 saturated heterocycles. The Morgan fingerprint density at radius 2 is 2.20 bits per heavy atom. The smallest absolute Gasteiger partial charge is 0.279 e. The van der Waals surface area contributed by atoms with Crippen molar-refractivity contribution >= 4 is 21.5 Å². The second-order valence-electron chi connectivity index (χ2n) is 5.44. The molecule has 20 heavy (non-hydrogen) atoms. The Morgan fingerprint density at radius 1 is 1.50 bits per heavy atom. The molecule has 5 nitrogen and oxygen atoms in total. The predicted octanol–water partition coefficient (Wildman–Crippen LogP) is 1.18. The van der Waals surface area contributed by atoms with Gasteiger partial charge in [0.2, 0.25) is 0 Å². The molecule has 2 rings (SSSR count). The lowest BCUT2D eigenvalue weighted by Gasteiger charge is -2.31. The van der Waals surface area contributed by atoms with E-state index in [1.807, 2.05) is 18.4 Å². The Hall–Kier alpha value is -0.470. The van der Waals surface area contributed by atoms with Crippen molar-refractivity contribution in [1.82, 2.24) is 9.03 Å². The summed E-state index contributed by atoms with van der Waals surface area (Å²) < 4.78 is 28.9. The van der Waals surface area contributed by atoms with E-state index in [0.717, 1.165) is 19.3 Å². The van der Waals surface area contributed by atoms with Crippen molar-refractivity contribution in [2.75, 3.05) is 19.6 Å². The molecule has 0 bridgehead atoms. The van der Waals surface area contributed by atoms with E-state index in [4.69, 9.17) is 5.73 Å². The van der Waals surface area contributed by atoms with Gasteiger partial charge in [-0.3, -0.25) is 0 Å². The average molecular weight is 317 g/mol. The van der Waals surface area contributed by atoms with E-state index in [2.05, 4.69) is 10.1 Å². The van der Waals surface area contributed by atoms with E-state index in [1.54, 1.807) is 15.6 Å². The van der Waals surface area contributed by atoms with Crippen LogP contribution in [0.5, 0.6) is 0 Å². The van der Waals surface area contributed by atoms with Crippen LogP contribution in [-0.4, -0.2) is 38.4 Å². The van der Waals surface area contributed by atoms with Crippen LogP contribution >= 0.6 is 11.3 Å². The molecule has 1 aliphatic heterocycles. The molecule has 1 aromatic heterocycles. The molecule has 0 spiro atoms. The Morgan fingerprint density at radius 3 is 2.75 bits per heavy atom. The molecule has 0 aliphatic carbocycles. The molecule has 0 saturated carbocycles. The number of piperidine rings is 1. The number of nitrogens with one attached hydrogen (secondary N) is 1. The molecular formula is C13H23N3O2S2. The van der Waals surface area contributed by atoms with E-state index >= 15 is 0 Å². The number of hydrogen-bond acceptors (Lipinski definition) is 4. The molecule has 0 aromatic carbocycles. The lowest BCUT2D eigenvalue weighted by atomic mass is 9.99. The Bertz CT molecular complexity index is 494. The molecule has 1 aromatic rings. The molecule has 1 fully saturated rings. The van der Waals surface area contributed by atoms with Gasteiger partial charge in [0, 0.05) is 19.1 Å². The van der Waals surface area contributed by atoms with Crippen LogP contribution in [0.4, 0.5) is 0 Å². The van der Waals surface area contributed by atoms with Gasteiger partial charge in [0.05, 0.1) is 0 Å². The minimum absolute atomic E-state index is 0.0955. The van der Waals surface area contributed by atoms with Crippen LogP contribution in [0.15, 0.2) is 16.8 Å². The van der Waals surface area contributed by atoms with Crippen molar-refractivity contribution in [3.63, 3.8) is 0 Å². The highest BCUT2D eigenvalue weighted by Gasteiger charge is 2.28. The van der Waals surface area contributed by atoms with Gasteiger partial charge in [0.25, 0.3) is 10.2 Å². The second kappa shape index (κ2) is 7.00. The van der Waals surface area contributed by atoms with Crippen molar-refractivity contribution in [2.45, 2.75) is 32.2 Å². The summed E-state index contributed by atoms with van der Waals surface area (Å²) in [6.07, 6.45) is 2.44. The third-order valence-corrected chi connectivity index (χ3v) is 6.20. The zero-order valence-electron chi connectivity index (χ0n) is 11.8. The summed E-state index contributed by atoms with van der Waals surface area (Å²) in [6.45, 7) is 3.70. The van der Waals surface area contributed by atoms with E-state index < -0.39 is 10.2 Å². The van der Waals surface area contributed by atoms with Gasteiger partial charge in [-0.05, 0) is 61.0 Å². The summed E-state index contributed by atoms with van der Waals surface area (Å²) in [5.41, 5.74) is 6.80. The topological polar surface area (TPSA) is 75.4 Å². The van der Waals surface area contributed by atoms with Gasteiger partial charge in [-0.2, -0.15) is 28.8 Å². The number of thiophene rings is 1. The quantitative estimate of drug-likeness (QED) is 0.827. The van der Waals surface area contributed by atoms with Crippen LogP contribution in [0.25, 0.3) is 0 Å². The van der Waals surface area contributed by atoms with E-state index in [9.17, 15) is 8.42 Å². The standard InChI is InChI=1S/C13H23N3O2S2/c1-11(8-13-4-7-19-10-13)15-20(17,18)16-5-2-12(9-14)3-6-16/h4,7,10-12,15H,2-3,5-6,8-9,14H2,1H3. The molecule has 7 heteroatoms. The maximum atomic E-state index is 12.3. The normalized spacial score (nSPS) is 20.1. The third-order valence-electron chi connectivity index (χ3n) is 3.72. The molecule has 1 unspecified atom stereocenters. The number of nitrogens with two attached hydrogens (primary N) is 1. The summed E-state index contributed by atoms with van der Waals surface area (Å²) in [5.74, 6) is 0.463. The Labute approximate surface area is 125 Å². The van der Waals surface area contributed by atoms with Gasteiger partial charge >= 0.3 is 0 Å². The first-order valence-corrected chi connectivity index (χ1v) is 9.38. The van der Waals surface area contributed by atoms with E-state index in [1.165, 1.54) is 5.56 Å². The zero-order chi connectivity index (χ0) is 14.6. The summed E-state index contributed by atoms with van der Waals surface area (Å²) in [5, 5.41) is 4.06. The van der Waals surface area contributed by atoms with Crippen molar-refractivity contribution in [2.24, 2.45) is 11.7 Å². The highest BCUT2D eigenvalue weighted by Crippen LogP contribution is 2.18. The third kappa shape index (κ3) is 4.26. The summed E-state index contributed by atoms with van der Waals surface area (Å²) in [7, 11) is -3.37. The summed E-state index contributed by atoms with van der Waals surface area (Å²) in [6, 6.07) is 1.93. The van der Waals surface area contributed by atoms with E-state index in [-0.39, 0.29) is 6.04 Å². The van der Waals surface area contributed by atoms with Gasteiger partial charge in [-0.15, -0.1) is 0 Å². The maximum Gasteiger partial charge on any atom is 0.279 e. The second-order valence-corrected chi connectivity index (χ2v) is 7.92. The molecule has 114 valence electrons. The monoisotopic (exact) mass is 317 g/mol. The van der Waals surface area contributed by atoms with Crippen molar-refractivity contribution in [3.8, 4) is 0 Å².